The molecule has 7 heteroatoms. The lowest BCUT2D eigenvalue weighted by atomic mass is 10.1. The summed E-state index contributed by atoms with van der Waals surface area (Å²) in [7, 11) is 0. The highest BCUT2D eigenvalue weighted by Crippen LogP contribution is 2.22. The molecule has 1 N–H and O–H groups in total. The van der Waals surface area contributed by atoms with Crippen molar-refractivity contribution in [2.75, 3.05) is 5.32 Å². The minimum absolute atomic E-state index is 0.0499. The Morgan fingerprint density at radius 3 is 2.59 bits per heavy atom. The Bertz CT molecular complexity index is 688. The summed E-state index contributed by atoms with van der Waals surface area (Å²) in [5, 5.41) is 13.9. The van der Waals surface area contributed by atoms with Gasteiger partial charge in [-0.05, 0) is 36.8 Å². The molecule has 2 rings (SSSR count). The molecule has 22 heavy (non-hydrogen) atoms. The van der Waals surface area contributed by atoms with Crippen LogP contribution in [0.2, 0.25) is 5.02 Å². The van der Waals surface area contributed by atoms with Crippen LogP contribution in [0.4, 0.5) is 16.2 Å². The predicted octanol–water partition coefficient (Wildman–Crippen LogP) is 4.56. The summed E-state index contributed by atoms with van der Waals surface area (Å²) in [6, 6.07) is 12.5. The molecule has 0 fully saturated rings. The fraction of sp³-hybridized carbons (Fsp3) is 0.133. The number of carbonyl (C=O) groups excluding carboxylic acids is 1. The number of carbonyl (C=O) groups is 1. The van der Waals surface area contributed by atoms with Gasteiger partial charge in [0.1, 0.15) is 6.10 Å². The molecule has 6 nitrogen and oxygen atoms in total. The lowest BCUT2D eigenvalue weighted by Gasteiger charge is -2.14. The van der Waals surface area contributed by atoms with Crippen molar-refractivity contribution in [3.05, 3.63) is 69.2 Å². The lowest BCUT2D eigenvalue weighted by Crippen LogP contribution is -2.16. The van der Waals surface area contributed by atoms with Gasteiger partial charge in [0.05, 0.1) is 4.92 Å². The topological polar surface area (TPSA) is 81.5 Å². The molecule has 0 saturated carbocycles. The predicted molar refractivity (Wildman–Crippen MR) is 83.1 cm³/mol. The van der Waals surface area contributed by atoms with Gasteiger partial charge >= 0.3 is 6.09 Å². The number of ether oxygens (including phenoxy) is 1. The van der Waals surface area contributed by atoms with E-state index in [1.807, 2.05) is 0 Å². The average Bonchev–Trinajstić information content (AvgIpc) is 2.49. The molecule has 2 aromatic carbocycles. The number of halogens is 1. The van der Waals surface area contributed by atoms with Gasteiger partial charge in [0.25, 0.3) is 5.69 Å². The summed E-state index contributed by atoms with van der Waals surface area (Å²) >= 11 is 5.75. The van der Waals surface area contributed by atoms with Crippen LogP contribution in [0.25, 0.3) is 0 Å². The molecule has 1 atom stereocenters. The minimum atomic E-state index is -0.652. The van der Waals surface area contributed by atoms with Crippen LogP contribution in [0.15, 0.2) is 48.5 Å². The minimum Gasteiger partial charge on any atom is -0.441 e. The molecule has 114 valence electrons. The summed E-state index contributed by atoms with van der Waals surface area (Å²) in [5.74, 6) is 0. The van der Waals surface area contributed by atoms with Crippen molar-refractivity contribution < 1.29 is 14.5 Å². The number of benzene rings is 2. The molecular weight excluding hydrogens is 308 g/mol. The average molecular weight is 321 g/mol. The number of hydrogen-bond donors (Lipinski definition) is 1. The van der Waals surface area contributed by atoms with Crippen LogP contribution in [0.5, 0.6) is 0 Å². The zero-order valence-corrected chi connectivity index (χ0v) is 12.4. The number of nitro benzene ring substituents is 1. The van der Waals surface area contributed by atoms with Crippen LogP contribution in [0, 0.1) is 10.1 Å². The van der Waals surface area contributed by atoms with Gasteiger partial charge in [-0.15, -0.1) is 0 Å². The molecule has 1 amide bonds. The fourth-order valence-corrected chi connectivity index (χ4v) is 1.93. The number of anilines is 1. The molecule has 0 spiro atoms. The molecular formula is C15H13ClN2O4. The van der Waals surface area contributed by atoms with Gasteiger partial charge in [0, 0.05) is 22.8 Å². The maximum absolute atomic E-state index is 11.8. The van der Waals surface area contributed by atoms with Crippen LogP contribution in [0.3, 0.4) is 0 Å². The van der Waals surface area contributed by atoms with Gasteiger partial charge in [0.2, 0.25) is 0 Å². The molecule has 0 radical (unpaired) electrons. The number of nitrogens with zero attached hydrogens (tertiary/aromatic N) is 1. The van der Waals surface area contributed by atoms with Gasteiger partial charge in [-0.3, -0.25) is 15.4 Å². The Morgan fingerprint density at radius 1 is 1.27 bits per heavy atom. The van der Waals surface area contributed by atoms with Crippen LogP contribution < -0.4 is 5.32 Å². The van der Waals surface area contributed by atoms with E-state index in [0.717, 1.165) is 0 Å². The summed E-state index contributed by atoms with van der Waals surface area (Å²) in [6.45, 7) is 1.64. The van der Waals surface area contributed by atoms with Crippen molar-refractivity contribution in [3.63, 3.8) is 0 Å². The summed E-state index contributed by atoms with van der Waals surface area (Å²) in [6.07, 6.45) is -1.27. The van der Waals surface area contributed by atoms with E-state index in [-0.39, 0.29) is 5.69 Å². The molecule has 0 bridgehead atoms. The van der Waals surface area contributed by atoms with Crippen LogP contribution in [-0.2, 0) is 4.74 Å². The van der Waals surface area contributed by atoms with Gasteiger partial charge in [-0.2, -0.15) is 0 Å². The van der Waals surface area contributed by atoms with Gasteiger partial charge in [-0.1, -0.05) is 23.7 Å². The molecule has 2 aromatic rings. The van der Waals surface area contributed by atoms with Gasteiger partial charge < -0.3 is 4.74 Å². The zero-order chi connectivity index (χ0) is 16.1. The van der Waals surface area contributed by atoms with Gasteiger partial charge in [0.15, 0.2) is 0 Å². The summed E-state index contributed by atoms with van der Waals surface area (Å²) in [5.41, 5.74) is 1.03. The molecule has 0 saturated heterocycles. The van der Waals surface area contributed by atoms with Crippen molar-refractivity contribution in [1.29, 1.82) is 0 Å². The molecule has 0 aliphatic rings. The lowest BCUT2D eigenvalue weighted by molar-refractivity contribution is -0.385. The first-order chi connectivity index (χ1) is 10.5. The molecule has 0 heterocycles. The number of amides is 1. The monoisotopic (exact) mass is 320 g/mol. The third kappa shape index (κ3) is 4.20. The smallest absolute Gasteiger partial charge is 0.412 e. The third-order valence-electron chi connectivity index (χ3n) is 2.92. The maximum Gasteiger partial charge on any atom is 0.412 e. The van der Waals surface area contributed by atoms with E-state index in [1.54, 1.807) is 43.3 Å². The number of hydrogen-bond acceptors (Lipinski definition) is 4. The van der Waals surface area contributed by atoms with Crippen molar-refractivity contribution >= 4 is 29.1 Å². The van der Waals surface area contributed by atoms with Crippen LogP contribution in [0.1, 0.15) is 18.6 Å². The van der Waals surface area contributed by atoms with Crippen LogP contribution in [-0.4, -0.2) is 11.0 Å². The zero-order valence-electron chi connectivity index (χ0n) is 11.7. The van der Waals surface area contributed by atoms with E-state index >= 15 is 0 Å². The maximum atomic E-state index is 11.8. The Morgan fingerprint density at radius 2 is 1.95 bits per heavy atom. The number of non-ortho nitro benzene ring substituents is 1. The molecule has 0 unspecified atom stereocenters. The second kappa shape index (κ2) is 6.91. The standard InChI is InChI=1S/C15H13ClN2O4/c1-10(11-3-2-4-14(9-11)18(20)21)22-15(19)17-13-7-5-12(16)6-8-13/h2-10H,1H3,(H,17,19)/t10-/m0/s1. The van der Waals surface area contributed by atoms with Crippen LogP contribution >= 0.6 is 11.6 Å². The highest BCUT2D eigenvalue weighted by atomic mass is 35.5. The Hall–Kier alpha value is -2.60. The third-order valence-corrected chi connectivity index (χ3v) is 3.18. The quantitative estimate of drug-likeness (QED) is 0.661. The van der Waals surface area contributed by atoms with E-state index in [0.29, 0.717) is 16.3 Å². The summed E-state index contributed by atoms with van der Waals surface area (Å²) in [4.78, 5) is 22.0. The van der Waals surface area contributed by atoms with E-state index in [1.165, 1.54) is 12.1 Å². The first-order valence-electron chi connectivity index (χ1n) is 6.43. The summed E-state index contributed by atoms with van der Waals surface area (Å²) < 4.78 is 5.20. The first-order valence-corrected chi connectivity index (χ1v) is 6.81. The second-order valence-corrected chi connectivity index (χ2v) is 4.97. The van der Waals surface area contributed by atoms with E-state index in [2.05, 4.69) is 5.32 Å². The van der Waals surface area contributed by atoms with Gasteiger partial charge in [-0.25, -0.2) is 4.79 Å². The Kier molecular flexibility index (Phi) is 4.95. The van der Waals surface area contributed by atoms with E-state index < -0.39 is 17.1 Å². The highest BCUT2D eigenvalue weighted by Gasteiger charge is 2.15. The van der Waals surface area contributed by atoms with E-state index in [9.17, 15) is 14.9 Å². The van der Waals surface area contributed by atoms with Crippen molar-refractivity contribution in [1.82, 2.24) is 0 Å². The molecule has 0 aromatic heterocycles. The van der Waals surface area contributed by atoms with Crippen molar-refractivity contribution in [3.8, 4) is 0 Å². The highest BCUT2D eigenvalue weighted by molar-refractivity contribution is 6.30. The fourth-order valence-electron chi connectivity index (χ4n) is 1.80. The number of rotatable bonds is 4. The van der Waals surface area contributed by atoms with Crippen molar-refractivity contribution in [2.24, 2.45) is 0 Å². The Labute approximate surface area is 131 Å². The number of nitrogens with one attached hydrogen (secondary N) is 1. The molecule has 0 aliphatic heterocycles. The molecule has 0 aliphatic carbocycles. The number of nitro groups is 1. The first kappa shape index (κ1) is 15.8. The SMILES string of the molecule is C[C@H](OC(=O)Nc1ccc(Cl)cc1)c1cccc([N+](=O)[O-])c1. The largest absolute Gasteiger partial charge is 0.441 e. The Balaban J connectivity index is 2.00. The van der Waals surface area contributed by atoms with Crippen molar-refractivity contribution in [2.45, 2.75) is 13.0 Å². The van der Waals surface area contributed by atoms with E-state index in [4.69, 9.17) is 16.3 Å². The second-order valence-electron chi connectivity index (χ2n) is 4.53. The normalized spacial score (nSPS) is 11.5.